The summed E-state index contributed by atoms with van der Waals surface area (Å²) < 4.78 is 14.4. The molecule has 0 saturated heterocycles. The summed E-state index contributed by atoms with van der Waals surface area (Å²) in [6, 6.07) is 13.6. The van der Waals surface area contributed by atoms with Crippen LogP contribution in [-0.2, 0) is 0 Å². The molecule has 0 amide bonds. The van der Waals surface area contributed by atoms with Crippen molar-refractivity contribution in [2.24, 2.45) is 0 Å². The molecule has 0 radical (unpaired) electrons. The average molecular weight is 349 g/mol. The Kier molecular flexibility index (Phi) is 4.54. The second kappa shape index (κ2) is 6.60. The Labute approximate surface area is 142 Å². The molecule has 1 atom stereocenters. The lowest BCUT2D eigenvalue weighted by atomic mass is 10.2. The molecule has 3 rings (SSSR count). The number of benzene rings is 2. The Morgan fingerprint density at radius 2 is 1.83 bits per heavy atom. The highest BCUT2D eigenvalue weighted by molar-refractivity contribution is 7.99. The van der Waals surface area contributed by atoms with Crippen molar-refractivity contribution in [1.82, 2.24) is 14.9 Å². The molecule has 0 spiro atoms. The van der Waals surface area contributed by atoms with Crippen molar-refractivity contribution in [3.63, 3.8) is 0 Å². The fourth-order valence-electron chi connectivity index (χ4n) is 2.18. The molecule has 0 fully saturated rings. The first-order valence-electron chi connectivity index (χ1n) is 6.94. The van der Waals surface area contributed by atoms with Gasteiger partial charge in [0.2, 0.25) is 5.16 Å². The Morgan fingerprint density at radius 3 is 2.52 bits per heavy atom. The first-order chi connectivity index (χ1) is 11.1. The highest BCUT2D eigenvalue weighted by atomic mass is 35.5. The summed E-state index contributed by atoms with van der Waals surface area (Å²) in [5, 5.41) is 9.56. The molecule has 7 heteroatoms. The van der Waals surface area contributed by atoms with Gasteiger partial charge in [-0.05, 0) is 42.8 Å². The number of nitrogens with zero attached hydrogens (tertiary/aromatic N) is 3. The monoisotopic (exact) mass is 348 g/mol. The van der Waals surface area contributed by atoms with Gasteiger partial charge in [0.05, 0.1) is 0 Å². The minimum absolute atomic E-state index is 0.0660. The van der Waals surface area contributed by atoms with Crippen LogP contribution in [0.25, 0.3) is 11.4 Å². The summed E-state index contributed by atoms with van der Waals surface area (Å²) in [5.41, 5.74) is 1.71. The summed E-state index contributed by atoms with van der Waals surface area (Å²) in [5.74, 6) is 6.26. The molecule has 0 bridgehead atoms. The fourth-order valence-corrected chi connectivity index (χ4v) is 3.48. The van der Waals surface area contributed by atoms with E-state index in [1.807, 2.05) is 31.2 Å². The molecule has 3 aromatic rings. The van der Waals surface area contributed by atoms with E-state index >= 15 is 0 Å². The molecule has 1 aromatic heterocycles. The zero-order valence-corrected chi connectivity index (χ0v) is 13.9. The maximum absolute atomic E-state index is 13.0. The van der Waals surface area contributed by atoms with E-state index in [2.05, 4.69) is 10.2 Å². The molecule has 23 heavy (non-hydrogen) atoms. The van der Waals surface area contributed by atoms with Crippen LogP contribution in [-0.4, -0.2) is 14.9 Å². The van der Waals surface area contributed by atoms with Crippen LogP contribution in [0, 0.1) is 5.82 Å². The van der Waals surface area contributed by atoms with E-state index in [1.54, 1.807) is 12.1 Å². The Balaban J connectivity index is 1.85. The van der Waals surface area contributed by atoms with E-state index in [0.29, 0.717) is 21.6 Å². The van der Waals surface area contributed by atoms with Crippen LogP contribution in [0.1, 0.15) is 17.7 Å². The van der Waals surface area contributed by atoms with Gasteiger partial charge in [0.15, 0.2) is 5.82 Å². The minimum Gasteiger partial charge on any atom is -0.335 e. The Bertz CT molecular complexity index is 819. The first-order valence-corrected chi connectivity index (χ1v) is 8.19. The Hall–Kier alpha value is -2.05. The van der Waals surface area contributed by atoms with Gasteiger partial charge in [-0.25, -0.2) is 9.07 Å². The molecule has 1 unspecified atom stereocenters. The second-order valence-corrected chi connectivity index (χ2v) is 6.68. The molecule has 2 aromatic carbocycles. The molecule has 0 aliphatic rings. The van der Waals surface area contributed by atoms with Crippen LogP contribution in [0.2, 0.25) is 5.02 Å². The predicted octanol–water partition coefficient (Wildman–Crippen LogP) is 4.30. The third-order valence-corrected chi connectivity index (χ3v) is 4.83. The quantitative estimate of drug-likeness (QED) is 0.564. The molecular weight excluding hydrogens is 335 g/mol. The van der Waals surface area contributed by atoms with Crippen LogP contribution in [0.3, 0.4) is 0 Å². The normalized spacial score (nSPS) is 12.3. The van der Waals surface area contributed by atoms with Gasteiger partial charge in [0.1, 0.15) is 5.82 Å². The number of halogens is 2. The molecular formula is C16H14ClFN4S. The van der Waals surface area contributed by atoms with Crippen molar-refractivity contribution < 1.29 is 4.39 Å². The summed E-state index contributed by atoms with van der Waals surface area (Å²) >= 11 is 7.68. The maximum atomic E-state index is 13.0. The second-order valence-electron chi connectivity index (χ2n) is 4.96. The van der Waals surface area contributed by atoms with Gasteiger partial charge in [0.25, 0.3) is 0 Å². The van der Waals surface area contributed by atoms with Crippen LogP contribution in [0.4, 0.5) is 4.39 Å². The number of aromatic nitrogens is 3. The molecule has 4 nitrogen and oxygen atoms in total. The summed E-state index contributed by atoms with van der Waals surface area (Å²) in [4.78, 5) is 0. The van der Waals surface area contributed by atoms with Gasteiger partial charge in [-0.15, -0.1) is 10.2 Å². The number of hydrogen-bond acceptors (Lipinski definition) is 4. The van der Waals surface area contributed by atoms with E-state index in [9.17, 15) is 4.39 Å². The highest BCUT2D eigenvalue weighted by Crippen LogP contribution is 2.37. The standard InChI is InChI=1S/C16H14ClFN4S/c1-10(13-4-2-3-5-14(13)17)23-16-21-20-15(22(16)19)11-6-8-12(18)9-7-11/h2-10H,19H2,1H3. The van der Waals surface area contributed by atoms with Gasteiger partial charge < -0.3 is 5.84 Å². The zero-order valence-electron chi connectivity index (χ0n) is 12.3. The van der Waals surface area contributed by atoms with Gasteiger partial charge in [-0.1, -0.05) is 41.6 Å². The number of nitrogens with two attached hydrogens (primary N) is 1. The van der Waals surface area contributed by atoms with Gasteiger partial charge >= 0.3 is 0 Å². The largest absolute Gasteiger partial charge is 0.335 e. The van der Waals surface area contributed by atoms with Crippen molar-refractivity contribution in [3.8, 4) is 11.4 Å². The molecule has 118 valence electrons. The van der Waals surface area contributed by atoms with E-state index in [0.717, 1.165) is 5.56 Å². The van der Waals surface area contributed by atoms with Crippen LogP contribution >= 0.6 is 23.4 Å². The summed E-state index contributed by atoms with van der Waals surface area (Å²) in [7, 11) is 0. The predicted molar refractivity (Wildman–Crippen MR) is 91.3 cm³/mol. The van der Waals surface area contributed by atoms with Crippen LogP contribution < -0.4 is 5.84 Å². The van der Waals surface area contributed by atoms with E-state index < -0.39 is 0 Å². The Morgan fingerprint density at radius 1 is 1.13 bits per heavy atom. The van der Waals surface area contributed by atoms with Crippen molar-refractivity contribution in [3.05, 3.63) is 64.9 Å². The lowest BCUT2D eigenvalue weighted by molar-refractivity contribution is 0.628. The van der Waals surface area contributed by atoms with Crippen LogP contribution in [0.15, 0.2) is 53.7 Å². The number of hydrogen-bond donors (Lipinski definition) is 1. The fraction of sp³-hybridized carbons (Fsp3) is 0.125. The summed E-state index contributed by atoms with van der Waals surface area (Å²) in [6.07, 6.45) is 0. The van der Waals surface area contributed by atoms with Crippen LogP contribution in [0.5, 0.6) is 0 Å². The van der Waals surface area contributed by atoms with Gasteiger partial charge in [-0.2, -0.15) is 0 Å². The number of thioether (sulfide) groups is 1. The SMILES string of the molecule is CC(Sc1nnc(-c2ccc(F)cc2)n1N)c1ccccc1Cl. The molecule has 1 heterocycles. The highest BCUT2D eigenvalue weighted by Gasteiger charge is 2.17. The number of rotatable bonds is 4. The van der Waals surface area contributed by atoms with Crippen molar-refractivity contribution in [1.29, 1.82) is 0 Å². The van der Waals surface area contributed by atoms with Crippen molar-refractivity contribution in [2.45, 2.75) is 17.3 Å². The first kappa shape index (κ1) is 15.8. The molecule has 0 aliphatic heterocycles. The number of nitrogen functional groups attached to an aromatic ring is 1. The molecule has 0 aliphatic carbocycles. The van der Waals surface area contributed by atoms with Crippen molar-refractivity contribution >= 4 is 23.4 Å². The van der Waals surface area contributed by atoms with Gasteiger partial charge in [0, 0.05) is 15.8 Å². The smallest absolute Gasteiger partial charge is 0.210 e. The maximum Gasteiger partial charge on any atom is 0.210 e. The third kappa shape index (κ3) is 3.33. The zero-order chi connectivity index (χ0) is 16.4. The summed E-state index contributed by atoms with van der Waals surface area (Å²) in [6.45, 7) is 2.03. The van der Waals surface area contributed by atoms with E-state index in [4.69, 9.17) is 17.4 Å². The van der Waals surface area contributed by atoms with Crippen molar-refractivity contribution in [2.75, 3.05) is 5.84 Å². The molecule has 2 N–H and O–H groups in total. The third-order valence-electron chi connectivity index (χ3n) is 3.39. The lowest BCUT2D eigenvalue weighted by Crippen LogP contribution is -2.12. The lowest BCUT2D eigenvalue weighted by Gasteiger charge is -2.12. The van der Waals surface area contributed by atoms with Gasteiger partial charge in [-0.3, -0.25) is 0 Å². The average Bonchev–Trinajstić information content (AvgIpc) is 2.89. The van der Waals surface area contributed by atoms with E-state index in [-0.39, 0.29) is 11.1 Å². The topological polar surface area (TPSA) is 56.7 Å². The minimum atomic E-state index is -0.307. The van der Waals surface area contributed by atoms with E-state index in [1.165, 1.54) is 28.6 Å². The molecule has 0 saturated carbocycles.